The lowest BCUT2D eigenvalue weighted by molar-refractivity contribution is -0.129. The van der Waals surface area contributed by atoms with Crippen molar-refractivity contribution in [3.05, 3.63) is 0 Å². The molecule has 3 heteroatoms. The van der Waals surface area contributed by atoms with Crippen molar-refractivity contribution in [2.24, 2.45) is 0 Å². The van der Waals surface area contributed by atoms with Crippen LogP contribution in [0.3, 0.4) is 0 Å². The first-order valence-electron chi connectivity index (χ1n) is 3.96. The van der Waals surface area contributed by atoms with E-state index in [2.05, 4.69) is 0 Å². The van der Waals surface area contributed by atoms with E-state index in [4.69, 9.17) is 4.74 Å². The Hall–Kier alpha value is -0.570. The molecule has 0 aromatic carbocycles. The van der Waals surface area contributed by atoms with Crippen molar-refractivity contribution in [2.45, 2.75) is 19.8 Å². The second kappa shape index (κ2) is 6.16. The second-order valence-electron chi connectivity index (χ2n) is 2.59. The molecule has 0 rings (SSSR count). The van der Waals surface area contributed by atoms with Gasteiger partial charge in [-0.25, -0.2) is 0 Å². The summed E-state index contributed by atoms with van der Waals surface area (Å²) in [7, 11) is 3.53. The maximum absolute atomic E-state index is 11.0. The van der Waals surface area contributed by atoms with E-state index in [1.165, 1.54) is 0 Å². The lowest BCUT2D eigenvalue weighted by Crippen LogP contribution is -2.21. The molecule has 0 aromatic heterocycles. The molecule has 3 nitrogen and oxygen atoms in total. The van der Waals surface area contributed by atoms with E-state index in [1.807, 2.05) is 6.92 Å². The molecular formula is C8H17NO2. The third kappa shape index (κ3) is 5.85. The fourth-order valence-electron chi connectivity index (χ4n) is 0.693. The van der Waals surface area contributed by atoms with Crippen LogP contribution in [0.25, 0.3) is 0 Å². The van der Waals surface area contributed by atoms with Gasteiger partial charge in [0.05, 0.1) is 0 Å². The maximum Gasteiger partial charge on any atom is 0.222 e. The van der Waals surface area contributed by atoms with Crippen molar-refractivity contribution in [2.75, 3.05) is 27.3 Å². The molecule has 0 bridgehead atoms. The van der Waals surface area contributed by atoms with Gasteiger partial charge in [0.15, 0.2) is 0 Å². The number of hydrogen-bond acceptors (Lipinski definition) is 2. The van der Waals surface area contributed by atoms with Gasteiger partial charge < -0.3 is 9.64 Å². The van der Waals surface area contributed by atoms with Gasteiger partial charge in [-0.05, 0) is 13.3 Å². The molecule has 0 N–H and O–H groups in total. The average Bonchev–Trinajstić information content (AvgIpc) is 1.97. The Kier molecular flexibility index (Phi) is 5.84. The van der Waals surface area contributed by atoms with Crippen LogP contribution in [0.4, 0.5) is 0 Å². The summed E-state index contributed by atoms with van der Waals surface area (Å²) >= 11 is 0. The summed E-state index contributed by atoms with van der Waals surface area (Å²) in [4.78, 5) is 12.6. The van der Waals surface area contributed by atoms with Gasteiger partial charge >= 0.3 is 0 Å². The van der Waals surface area contributed by atoms with Crippen molar-refractivity contribution in [1.29, 1.82) is 0 Å². The maximum atomic E-state index is 11.0. The number of carbonyl (C=O) groups is 1. The molecule has 0 saturated carbocycles. The van der Waals surface area contributed by atoms with Crippen LogP contribution in [0, 0.1) is 0 Å². The fourth-order valence-corrected chi connectivity index (χ4v) is 0.693. The molecule has 0 heterocycles. The highest BCUT2D eigenvalue weighted by Crippen LogP contribution is 1.93. The molecular weight excluding hydrogens is 142 g/mol. The lowest BCUT2D eigenvalue weighted by Gasteiger charge is -2.09. The highest BCUT2D eigenvalue weighted by atomic mass is 16.5. The largest absolute Gasteiger partial charge is 0.382 e. The number of rotatable bonds is 5. The monoisotopic (exact) mass is 159 g/mol. The van der Waals surface area contributed by atoms with Gasteiger partial charge in [0, 0.05) is 33.7 Å². The third-order valence-electron chi connectivity index (χ3n) is 1.38. The topological polar surface area (TPSA) is 29.5 Å². The van der Waals surface area contributed by atoms with Gasteiger partial charge in [-0.15, -0.1) is 0 Å². The van der Waals surface area contributed by atoms with Crippen LogP contribution in [-0.2, 0) is 9.53 Å². The van der Waals surface area contributed by atoms with Crippen LogP contribution in [0.5, 0.6) is 0 Å². The minimum atomic E-state index is 0.171. The van der Waals surface area contributed by atoms with E-state index < -0.39 is 0 Å². The molecule has 1 amide bonds. The van der Waals surface area contributed by atoms with Gasteiger partial charge in [-0.3, -0.25) is 4.79 Å². The summed E-state index contributed by atoms with van der Waals surface area (Å²) in [5.41, 5.74) is 0. The summed E-state index contributed by atoms with van der Waals surface area (Å²) < 4.78 is 5.09. The molecule has 0 fully saturated rings. The summed E-state index contributed by atoms with van der Waals surface area (Å²) in [5.74, 6) is 0.171. The number of amides is 1. The Balaban J connectivity index is 3.18. The highest BCUT2D eigenvalue weighted by Gasteiger charge is 2.01. The van der Waals surface area contributed by atoms with Gasteiger partial charge in [0.25, 0.3) is 0 Å². The minimum absolute atomic E-state index is 0.171. The number of hydrogen-bond donors (Lipinski definition) is 0. The van der Waals surface area contributed by atoms with Crippen LogP contribution >= 0.6 is 0 Å². The van der Waals surface area contributed by atoms with Crippen molar-refractivity contribution in [3.63, 3.8) is 0 Å². The fraction of sp³-hybridized carbons (Fsp3) is 0.875. The van der Waals surface area contributed by atoms with E-state index >= 15 is 0 Å². The molecule has 0 aliphatic carbocycles. The number of ether oxygens (including phenoxy) is 1. The van der Waals surface area contributed by atoms with Gasteiger partial charge in [0.2, 0.25) is 5.91 Å². The van der Waals surface area contributed by atoms with Crippen LogP contribution < -0.4 is 0 Å². The van der Waals surface area contributed by atoms with Crippen molar-refractivity contribution in [1.82, 2.24) is 4.90 Å². The average molecular weight is 159 g/mol. The van der Waals surface area contributed by atoms with Crippen LogP contribution in [-0.4, -0.2) is 38.1 Å². The van der Waals surface area contributed by atoms with E-state index in [9.17, 15) is 4.79 Å². The molecule has 0 aromatic rings. The molecule has 0 unspecified atom stereocenters. The van der Waals surface area contributed by atoms with Gasteiger partial charge in [-0.1, -0.05) is 0 Å². The second-order valence-corrected chi connectivity index (χ2v) is 2.59. The Morgan fingerprint density at radius 3 is 2.55 bits per heavy atom. The summed E-state index contributed by atoms with van der Waals surface area (Å²) in [5, 5.41) is 0. The predicted octanol–water partition coefficient (Wildman–Crippen LogP) is 0.891. The van der Waals surface area contributed by atoms with Gasteiger partial charge in [0.1, 0.15) is 0 Å². The Labute approximate surface area is 68.3 Å². The normalized spacial score (nSPS) is 9.73. The summed E-state index contributed by atoms with van der Waals surface area (Å²) in [6.45, 7) is 3.38. The number of carbonyl (C=O) groups excluding carboxylic acids is 1. The molecule has 0 atom stereocenters. The van der Waals surface area contributed by atoms with Crippen molar-refractivity contribution >= 4 is 5.91 Å². The summed E-state index contributed by atoms with van der Waals surface area (Å²) in [6.07, 6.45) is 1.41. The molecule has 0 spiro atoms. The number of nitrogens with zero attached hydrogens (tertiary/aromatic N) is 1. The third-order valence-corrected chi connectivity index (χ3v) is 1.38. The first kappa shape index (κ1) is 10.4. The van der Waals surface area contributed by atoms with E-state index in [0.29, 0.717) is 13.0 Å². The Morgan fingerprint density at radius 2 is 2.09 bits per heavy atom. The standard InChI is InChI=1S/C8H17NO2/c1-4-11-7-5-6-8(10)9(2)3/h4-7H2,1-3H3. The van der Waals surface area contributed by atoms with Crippen molar-refractivity contribution in [3.8, 4) is 0 Å². The summed E-state index contributed by atoms with van der Waals surface area (Å²) in [6, 6.07) is 0. The highest BCUT2D eigenvalue weighted by molar-refractivity contribution is 5.75. The van der Waals surface area contributed by atoms with E-state index in [1.54, 1.807) is 19.0 Å². The SMILES string of the molecule is CCOCCCC(=O)N(C)C. The van der Waals surface area contributed by atoms with E-state index in [0.717, 1.165) is 13.0 Å². The van der Waals surface area contributed by atoms with Crippen molar-refractivity contribution < 1.29 is 9.53 Å². The quantitative estimate of drug-likeness (QED) is 0.557. The smallest absolute Gasteiger partial charge is 0.222 e. The minimum Gasteiger partial charge on any atom is -0.382 e. The zero-order valence-electron chi connectivity index (χ0n) is 7.59. The molecule has 0 radical (unpaired) electrons. The van der Waals surface area contributed by atoms with Gasteiger partial charge in [-0.2, -0.15) is 0 Å². The molecule has 0 aliphatic rings. The molecule has 66 valence electrons. The van der Waals surface area contributed by atoms with Crippen LogP contribution in [0.2, 0.25) is 0 Å². The van der Waals surface area contributed by atoms with Crippen LogP contribution in [0.15, 0.2) is 0 Å². The molecule has 0 saturated heterocycles. The van der Waals surface area contributed by atoms with E-state index in [-0.39, 0.29) is 5.91 Å². The Morgan fingerprint density at radius 1 is 1.45 bits per heavy atom. The molecule has 11 heavy (non-hydrogen) atoms. The zero-order valence-corrected chi connectivity index (χ0v) is 7.59. The first-order valence-corrected chi connectivity index (χ1v) is 3.96. The first-order chi connectivity index (χ1) is 5.18. The predicted molar refractivity (Wildman–Crippen MR) is 44.4 cm³/mol. The molecule has 0 aliphatic heterocycles. The van der Waals surface area contributed by atoms with Crippen LogP contribution in [0.1, 0.15) is 19.8 Å². The Bertz CT molecular complexity index is 113. The zero-order chi connectivity index (χ0) is 8.69. The lowest BCUT2D eigenvalue weighted by atomic mass is 10.3.